The van der Waals surface area contributed by atoms with Gasteiger partial charge < -0.3 is 9.64 Å². The molecule has 2 unspecified atom stereocenters. The number of likely N-dealkylation sites (N-methyl/N-ethyl adjacent to an activating group) is 1. The van der Waals surface area contributed by atoms with Gasteiger partial charge in [0.15, 0.2) is 0 Å². The molecule has 3 nitrogen and oxygen atoms in total. The van der Waals surface area contributed by atoms with Gasteiger partial charge in [0, 0.05) is 13.7 Å². The van der Waals surface area contributed by atoms with Gasteiger partial charge in [-0.3, -0.25) is 4.79 Å². The van der Waals surface area contributed by atoms with E-state index in [0.29, 0.717) is 6.61 Å². The van der Waals surface area contributed by atoms with Crippen molar-refractivity contribution in [2.24, 2.45) is 0 Å². The van der Waals surface area contributed by atoms with Crippen LogP contribution in [0.1, 0.15) is 30.0 Å². The molecule has 0 spiro atoms. The van der Waals surface area contributed by atoms with Gasteiger partial charge in [-0.1, -0.05) is 42.5 Å². The minimum atomic E-state index is -0.369. The number of rotatable bonds is 4. The Hall–Kier alpha value is -2.20. The average Bonchev–Trinajstić information content (AvgIpc) is 3.11. The van der Waals surface area contributed by atoms with Gasteiger partial charge in [-0.25, -0.2) is 4.39 Å². The first-order chi connectivity index (χ1) is 11.2. The molecule has 120 valence electrons. The number of amides is 1. The monoisotopic (exact) mass is 313 g/mol. The molecular formula is C19H20FNO2. The molecule has 1 heterocycles. The van der Waals surface area contributed by atoms with E-state index >= 15 is 0 Å². The highest BCUT2D eigenvalue weighted by Gasteiger charge is 2.31. The van der Waals surface area contributed by atoms with E-state index in [9.17, 15) is 9.18 Å². The summed E-state index contributed by atoms with van der Waals surface area (Å²) in [4.78, 5) is 14.4. The van der Waals surface area contributed by atoms with Crippen LogP contribution in [-0.4, -0.2) is 30.6 Å². The Morgan fingerprint density at radius 3 is 2.39 bits per heavy atom. The molecule has 1 amide bonds. The standard InChI is InChI=1S/C19H20FNO2/c1-21(19(22)17-8-5-13-23-17)18(14-6-3-2-4-7-14)15-9-11-16(20)12-10-15/h2-4,6-7,9-12,17-18H,5,8,13H2,1H3. The molecule has 0 bridgehead atoms. The van der Waals surface area contributed by atoms with Gasteiger partial charge in [-0.05, 0) is 36.1 Å². The van der Waals surface area contributed by atoms with Crippen LogP contribution in [0.4, 0.5) is 4.39 Å². The van der Waals surface area contributed by atoms with Gasteiger partial charge >= 0.3 is 0 Å². The Morgan fingerprint density at radius 2 is 1.78 bits per heavy atom. The second-order valence-corrected chi connectivity index (χ2v) is 5.82. The normalized spacial score (nSPS) is 18.6. The van der Waals surface area contributed by atoms with E-state index in [2.05, 4.69) is 0 Å². The molecule has 0 saturated carbocycles. The predicted octanol–water partition coefficient (Wildman–Crippen LogP) is 3.55. The van der Waals surface area contributed by atoms with Crippen LogP contribution in [0.5, 0.6) is 0 Å². The number of nitrogens with zero attached hydrogens (tertiary/aromatic N) is 1. The predicted molar refractivity (Wildman–Crippen MR) is 86.4 cm³/mol. The number of carbonyl (C=O) groups excluding carboxylic acids is 1. The lowest BCUT2D eigenvalue weighted by molar-refractivity contribution is -0.141. The summed E-state index contributed by atoms with van der Waals surface area (Å²) in [5, 5.41) is 0. The molecule has 23 heavy (non-hydrogen) atoms. The summed E-state index contributed by atoms with van der Waals surface area (Å²) in [6.07, 6.45) is 1.30. The highest BCUT2D eigenvalue weighted by molar-refractivity contribution is 5.81. The highest BCUT2D eigenvalue weighted by Crippen LogP contribution is 2.29. The van der Waals surface area contributed by atoms with Crippen LogP contribution in [0.3, 0.4) is 0 Å². The van der Waals surface area contributed by atoms with Crippen LogP contribution >= 0.6 is 0 Å². The zero-order chi connectivity index (χ0) is 16.2. The van der Waals surface area contributed by atoms with E-state index in [1.165, 1.54) is 12.1 Å². The number of benzene rings is 2. The third-order valence-electron chi connectivity index (χ3n) is 4.24. The van der Waals surface area contributed by atoms with Gasteiger partial charge in [-0.15, -0.1) is 0 Å². The molecule has 0 radical (unpaired) electrons. The molecule has 1 aliphatic rings. The molecular weight excluding hydrogens is 293 g/mol. The molecule has 0 aliphatic carbocycles. The van der Waals surface area contributed by atoms with Gasteiger partial charge in [0.2, 0.25) is 0 Å². The number of hydrogen-bond acceptors (Lipinski definition) is 2. The van der Waals surface area contributed by atoms with Crippen molar-refractivity contribution in [1.82, 2.24) is 4.90 Å². The van der Waals surface area contributed by atoms with E-state index in [4.69, 9.17) is 4.74 Å². The van der Waals surface area contributed by atoms with Crippen molar-refractivity contribution >= 4 is 5.91 Å². The van der Waals surface area contributed by atoms with Crippen molar-refractivity contribution in [2.45, 2.75) is 25.0 Å². The average molecular weight is 313 g/mol. The summed E-state index contributed by atoms with van der Waals surface area (Å²) in [6, 6.07) is 15.8. The van der Waals surface area contributed by atoms with Crippen molar-refractivity contribution in [1.29, 1.82) is 0 Å². The quantitative estimate of drug-likeness (QED) is 0.864. The second kappa shape index (κ2) is 6.92. The molecule has 1 saturated heterocycles. The van der Waals surface area contributed by atoms with Gasteiger partial charge in [0.25, 0.3) is 5.91 Å². The second-order valence-electron chi connectivity index (χ2n) is 5.82. The Labute approximate surface area is 135 Å². The Morgan fingerprint density at radius 1 is 1.13 bits per heavy atom. The molecule has 1 fully saturated rings. The number of halogens is 1. The molecule has 0 N–H and O–H groups in total. The lowest BCUT2D eigenvalue weighted by Gasteiger charge is -2.31. The minimum Gasteiger partial charge on any atom is -0.368 e. The van der Waals surface area contributed by atoms with E-state index in [-0.39, 0.29) is 23.9 Å². The van der Waals surface area contributed by atoms with Crippen molar-refractivity contribution in [3.8, 4) is 0 Å². The van der Waals surface area contributed by atoms with E-state index in [0.717, 1.165) is 24.0 Å². The summed E-state index contributed by atoms with van der Waals surface area (Å²) in [7, 11) is 1.78. The van der Waals surface area contributed by atoms with Crippen molar-refractivity contribution in [3.63, 3.8) is 0 Å². The fraction of sp³-hybridized carbons (Fsp3) is 0.316. The maximum atomic E-state index is 13.3. The Kier molecular flexibility index (Phi) is 4.72. The third-order valence-corrected chi connectivity index (χ3v) is 4.24. The summed E-state index contributed by atoms with van der Waals surface area (Å²) in [6.45, 7) is 0.636. The fourth-order valence-corrected chi connectivity index (χ4v) is 3.05. The van der Waals surface area contributed by atoms with Crippen LogP contribution in [0.15, 0.2) is 54.6 Å². The topological polar surface area (TPSA) is 29.5 Å². The molecule has 0 aromatic heterocycles. The molecule has 1 aliphatic heterocycles. The molecule has 2 aromatic rings. The minimum absolute atomic E-state index is 0.0271. The van der Waals surface area contributed by atoms with Crippen molar-refractivity contribution in [3.05, 3.63) is 71.5 Å². The number of ether oxygens (including phenoxy) is 1. The molecule has 2 aromatic carbocycles. The first-order valence-corrected chi connectivity index (χ1v) is 7.85. The first kappa shape index (κ1) is 15.7. The SMILES string of the molecule is CN(C(=O)C1CCCO1)C(c1ccccc1)c1ccc(F)cc1. The Balaban J connectivity index is 1.94. The Bertz CT molecular complexity index is 651. The molecule has 4 heteroatoms. The van der Waals surface area contributed by atoms with Crippen LogP contribution in [0.2, 0.25) is 0 Å². The first-order valence-electron chi connectivity index (χ1n) is 7.85. The summed E-state index contributed by atoms with van der Waals surface area (Å²) < 4.78 is 18.8. The van der Waals surface area contributed by atoms with Gasteiger partial charge in [0.05, 0.1) is 6.04 Å². The maximum absolute atomic E-state index is 13.3. The smallest absolute Gasteiger partial charge is 0.252 e. The van der Waals surface area contributed by atoms with Crippen LogP contribution < -0.4 is 0 Å². The third kappa shape index (κ3) is 3.42. The zero-order valence-corrected chi connectivity index (χ0v) is 13.1. The maximum Gasteiger partial charge on any atom is 0.252 e. The van der Waals surface area contributed by atoms with Crippen molar-refractivity contribution < 1.29 is 13.9 Å². The fourth-order valence-electron chi connectivity index (χ4n) is 3.05. The highest BCUT2D eigenvalue weighted by atomic mass is 19.1. The lowest BCUT2D eigenvalue weighted by Crippen LogP contribution is -2.39. The lowest BCUT2D eigenvalue weighted by atomic mass is 9.97. The number of carbonyl (C=O) groups is 1. The largest absolute Gasteiger partial charge is 0.368 e. The summed E-state index contributed by atoms with van der Waals surface area (Å²) >= 11 is 0. The molecule has 3 rings (SSSR count). The van der Waals surface area contributed by atoms with Crippen LogP contribution in [0, 0.1) is 5.82 Å². The van der Waals surface area contributed by atoms with Crippen LogP contribution in [-0.2, 0) is 9.53 Å². The number of hydrogen-bond donors (Lipinski definition) is 0. The summed E-state index contributed by atoms with van der Waals surface area (Å²) in [5.41, 5.74) is 1.87. The van der Waals surface area contributed by atoms with Gasteiger partial charge in [-0.2, -0.15) is 0 Å². The molecule has 2 atom stereocenters. The zero-order valence-electron chi connectivity index (χ0n) is 13.1. The van der Waals surface area contributed by atoms with Crippen LogP contribution in [0.25, 0.3) is 0 Å². The van der Waals surface area contributed by atoms with E-state index in [1.54, 1.807) is 24.1 Å². The van der Waals surface area contributed by atoms with E-state index < -0.39 is 0 Å². The summed E-state index contributed by atoms with van der Waals surface area (Å²) in [5.74, 6) is -0.311. The van der Waals surface area contributed by atoms with Crippen molar-refractivity contribution in [2.75, 3.05) is 13.7 Å². The van der Waals surface area contributed by atoms with E-state index in [1.807, 2.05) is 30.3 Å². The van der Waals surface area contributed by atoms with Gasteiger partial charge in [0.1, 0.15) is 11.9 Å².